The number of nitrogens with one attached hydrogen (secondary N) is 2. The molecule has 0 spiro atoms. The van der Waals surface area contributed by atoms with Crippen LogP contribution in [-0.2, 0) is 10.2 Å². The van der Waals surface area contributed by atoms with Crippen molar-refractivity contribution < 1.29 is 4.79 Å². The van der Waals surface area contributed by atoms with Crippen LogP contribution in [-0.4, -0.2) is 36.9 Å². The molecule has 8 nitrogen and oxygen atoms in total. The normalized spacial score (nSPS) is 26.3. The largest absolute Gasteiger partial charge is 0.369 e. The highest BCUT2D eigenvalue weighted by molar-refractivity contribution is 5.81. The lowest BCUT2D eigenvalue weighted by molar-refractivity contribution is -0.134. The van der Waals surface area contributed by atoms with E-state index in [-0.39, 0.29) is 16.7 Å². The highest BCUT2D eigenvalue weighted by Crippen LogP contribution is 2.57. The Morgan fingerprint density at radius 1 is 1.03 bits per heavy atom. The Morgan fingerprint density at radius 3 is 2.45 bits per heavy atom. The van der Waals surface area contributed by atoms with Gasteiger partial charge in [0.2, 0.25) is 11.9 Å². The van der Waals surface area contributed by atoms with Gasteiger partial charge in [0.05, 0.1) is 17.1 Å². The second kappa shape index (κ2) is 7.37. The summed E-state index contributed by atoms with van der Waals surface area (Å²) in [5.41, 5.74) is 9.66. The van der Waals surface area contributed by atoms with Crippen LogP contribution in [0, 0.1) is 12.3 Å². The number of carbonyl (C=O) groups excluding carboxylic acids is 1. The van der Waals surface area contributed by atoms with Gasteiger partial charge in [-0.15, -0.1) is 0 Å². The van der Waals surface area contributed by atoms with Crippen molar-refractivity contribution in [2.45, 2.75) is 69.7 Å². The number of aromatic amines is 1. The van der Waals surface area contributed by atoms with Gasteiger partial charge < -0.3 is 16.0 Å². The summed E-state index contributed by atoms with van der Waals surface area (Å²) in [5.74, 6) is 1.48. The smallest absolute Gasteiger partial charge is 0.223 e. The number of fused-ring (bicyclic) bond motifs is 3. The molecule has 1 amide bonds. The molecule has 4 fully saturated rings. The zero-order valence-corrected chi connectivity index (χ0v) is 18.9. The summed E-state index contributed by atoms with van der Waals surface area (Å²) in [6.45, 7) is 1.99. The maximum atomic E-state index is 12.1. The molecule has 33 heavy (non-hydrogen) atoms. The maximum Gasteiger partial charge on any atom is 0.223 e. The summed E-state index contributed by atoms with van der Waals surface area (Å²) < 4.78 is 0. The van der Waals surface area contributed by atoms with Crippen LogP contribution < -0.4 is 11.1 Å². The van der Waals surface area contributed by atoms with Gasteiger partial charge in [-0.1, -0.05) is 6.07 Å². The zero-order chi connectivity index (χ0) is 22.6. The van der Waals surface area contributed by atoms with Gasteiger partial charge in [0.1, 0.15) is 11.5 Å². The van der Waals surface area contributed by atoms with E-state index in [4.69, 9.17) is 20.7 Å². The minimum atomic E-state index is -0.325. The molecule has 8 heteroatoms. The minimum Gasteiger partial charge on any atom is -0.369 e. The third-order valence-corrected chi connectivity index (χ3v) is 7.93. The van der Waals surface area contributed by atoms with Crippen molar-refractivity contribution in [2.75, 3.05) is 5.32 Å². The minimum absolute atomic E-state index is 0.0594. The number of hydrogen-bond acceptors (Lipinski definition) is 6. The van der Waals surface area contributed by atoms with Gasteiger partial charge in [-0.25, -0.2) is 15.0 Å². The molecule has 4 N–H and O–H groups in total. The molecule has 4 aliphatic rings. The summed E-state index contributed by atoms with van der Waals surface area (Å²) in [7, 11) is 0. The summed E-state index contributed by atoms with van der Waals surface area (Å²) in [6, 6.07) is 8.40. The number of nitrogens with zero attached hydrogens (tertiary/aromatic N) is 4. The fraction of sp³-hybridized carbons (Fsp3) is 0.480. The van der Waals surface area contributed by atoms with E-state index in [1.807, 2.05) is 31.2 Å². The van der Waals surface area contributed by atoms with Gasteiger partial charge >= 0.3 is 0 Å². The molecule has 170 valence electrons. The number of amides is 1. The molecule has 7 rings (SSSR count). The van der Waals surface area contributed by atoms with E-state index in [1.165, 1.54) is 0 Å². The second-order valence-corrected chi connectivity index (χ2v) is 10.1. The van der Waals surface area contributed by atoms with Crippen LogP contribution >= 0.6 is 0 Å². The van der Waals surface area contributed by atoms with Crippen molar-refractivity contribution in [3.63, 3.8) is 0 Å². The third kappa shape index (κ3) is 3.48. The first-order valence-corrected chi connectivity index (χ1v) is 11.9. The van der Waals surface area contributed by atoms with E-state index in [0.717, 1.165) is 85.7 Å². The van der Waals surface area contributed by atoms with Crippen LogP contribution in [0.4, 0.5) is 5.95 Å². The van der Waals surface area contributed by atoms with Gasteiger partial charge in [-0.2, -0.15) is 0 Å². The molecule has 3 aromatic heterocycles. The number of hydrogen-bond donors (Lipinski definition) is 3. The van der Waals surface area contributed by atoms with E-state index in [2.05, 4.69) is 15.3 Å². The molecule has 3 aromatic rings. The molecule has 4 saturated carbocycles. The van der Waals surface area contributed by atoms with Crippen molar-refractivity contribution >= 4 is 11.9 Å². The summed E-state index contributed by atoms with van der Waals surface area (Å²) in [4.78, 5) is 34.9. The van der Waals surface area contributed by atoms with Crippen molar-refractivity contribution in [3.05, 3.63) is 42.0 Å². The molecular formula is C25H29N7O. The van der Waals surface area contributed by atoms with Crippen molar-refractivity contribution in [3.8, 4) is 22.8 Å². The molecule has 3 heterocycles. The summed E-state index contributed by atoms with van der Waals surface area (Å²) in [6.07, 6.45) is 9.37. The number of aromatic nitrogens is 5. The van der Waals surface area contributed by atoms with E-state index in [9.17, 15) is 4.79 Å². The van der Waals surface area contributed by atoms with Crippen LogP contribution in [0.1, 0.15) is 62.9 Å². The lowest BCUT2D eigenvalue weighted by Gasteiger charge is -2.51. The van der Waals surface area contributed by atoms with Crippen molar-refractivity contribution in [1.29, 1.82) is 0 Å². The number of rotatable bonds is 6. The Morgan fingerprint density at radius 2 is 1.79 bits per heavy atom. The lowest BCUT2D eigenvalue weighted by atomic mass is 9.53. The molecule has 4 aliphatic carbocycles. The number of nitrogens with two attached hydrogens (primary N) is 1. The Kier molecular flexibility index (Phi) is 4.54. The third-order valence-electron chi connectivity index (χ3n) is 7.93. The first-order valence-electron chi connectivity index (χ1n) is 11.9. The van der Waals surface area contributed by atoms with Crippen LogP contribution in [0.3, 0.4) is 0 Å². The predicted octanol–water partition coefficient (Wildman–Crippen LogP) is 3.89. The average Bonchev–Trinajstić information content (AvgIpc) is 3.53. The lowest BCUT2D eigenvalue weighted by Crippen LogP contribution is -2.50. The van der Waals surface area contributed by atoms with Gasteiger partial charge in [-0.05, 0) is 76.5 Å². The summed E-state index contributed by atoms with van der Waals surface area (Å²) >= 11 is 0. The molecule has 0 atom stereocenters. The second-order valence-electron chi connectivity index (χ2n) is 10.1. The Labute approximate surface area is 192 Å². The quantitative estimate of drug-likeness (QED) is 0.531. The Bertz CT molecular complexity index is 1200. The fourth-order valence-electron chi connectivity index (χ4n) is 5.56. The van der Waals surface area contributed by atoms with Crippen LogP contribution in [0.25, 0.3) is 22.8 Å². The highest BCUT2D eigenvalue weighted by atomic mass is 16.1. The number of pyridine rings is 1. The van der Waals surface area contributed by atoms with E-state index in [0.29, 0.717) is 12.0 Å². The number of imidazole rings is 1. The van der Waals surface area contributed by atoms with E-state index < -0.39 is 0 Å². The van der Waals surface area contributed by atoms with E-state index >= 15 is 0 Å². The first kappa shape index (κ1) is 20.3. The average molecular weight is 444 g/mol. The van der Waals surface area contributed by atoms with Gasteiger partial charge in [0.25, 0.3) is 0 Å². The molecule has 0 radical (unpaired) electrons. The van der Waals surface area contributed by atoms with Crippen molar-refractivity contribution in [2.24, 2.45) is 11.1 Å². The SMILES string of the molecule is Cc1cccc(-c2nc(C34CCC(C(N)=O)(CC3)CC4)[nH]c2-c2ccnc(NC3CC3)n2)n1. The zero-order valence-electron chi connectivity index (χ0n) is 18.9. The first-order chi connectivity index (χ1) is 16.0. The molecule has 0 aromatic carbocycles. The van der Waals surface area contributed by atoms with E-state index in [1.54, 1.807) is 6.20 Å². The molecule has 2 bridgehead atoms. The Hall–Kier alpha value is -3.29. The molecule has 0 unspecified atom stereocenters. The number of anilines is 1. The van der Waals surface area contributed by atoms with Gasteiger partial charge in [-0.3, -0.25) is 9.78 Å². The monoisotopic (exact) mass is 443 g/mol. The number of primary amides is 1. The molecule has 0 aliphatic heterocycles. The predicted molar refractivity (Wildman–Crippen MR) is 125 cm³/mol. The summed E-state index contributed by atoms with van der Waals surface area (Å²) in [5, 5.41) is 3.39. The van der Waals surface area contributed by atoms with Gasteiger partial charge in [0, 0.05) is 28.8 Å². The topological polar surface area (TPSA) is 122 Å². The Balaban J connectivity index is 1.42. The standard InChI is InChI=1S/C25H29N7O/c1-15-3-2-4-17(28-15)19-20(18-7-14-27-23(30-18)29-16-5-6-16)32-22(31-19)25-11-8-24(9-12-25,10-13-25)21(26)33/h2-4,7,14,16H,5-6,8-13H2,1H3,(H2,26,33)(H,31,32)(H,27,29,30). The van der Waals surface area contributed by atoms with Crippen LogP contribution in [0.2, 0.25) is 0 Å². The molecule has 0 saturated heterocycles. The van der Waals surface area contributed by atoms with Crippen LogP contribution in [0.5, 0.6) is 0 Å². The molecular weight excluding hydrogens is 414 g/mol. The number of carbonyl (C=O) groups is 1. The number of H-pyrrole nitrogens is 1. The number of aryl methyl sites for hydroxylation is 1. The highest BCUT2D eigenvalue weighted by Gasteiger charge is 2.53. The van der Waals surface area contributed by atoms with Crippen molar-refractivity contribution in [1.82, 2.24) is 24.9 Å². The maximum absolute atomic E-state index is 12.1. The van der Waals surface area contributed by atoms with Crippen LogP contribution in [0.15, 0.2) is 30.5 Å². The fourth-order valence-corrected chi connectivity index (χ4v) is 5.56. The van der Waals surface area contributed by atoms with Gasteiger partial charge in [0.15, 0.2) is 0 Å².